The minimum Gasteiger partial charge on any atom is -0.490 e. The van der Waals surface area contributed by atoms with Gasteiger partial charge in [0.25, 0.3) is 0 Å². The van der Waals surface area contributed by atoms with Gasteiger partial charge in [0.15, 0.2) is 0 Å². The van der Waals surface area contributed by atoms with Crippen molar-refractivity contribution in [2.45, 2.75) is 19.4 Å². The van der Waals surface area contributed by atoms with Gasteiger partial charge < -0.3 is 15.2 Å². The second-order valence-corrected chi connectivity index (χ2v) is 3.86. The van der Waals surface area contributed by atoms with E-state index in [0.29, 0.717) is 13.0 Å². The molecule has 1 aromatic rings. The highest BCUT2D eigenvalue weighted by molar-refractivity contribution is 5.75. The number of allylic oxidation sites excluding steroid dienone is 1. The maximum Gasteiger partial charge on any atom is 0.322 e. The van der Waals surface area contributed by atoms with E-state index >= 15 is 0 Å². The molecular formula is C14H19NO3. The maximum atomic E-state index is 11.2. The molecule has 1 rings (SSSR count). The number of rotatable bonds is 6. The first-order valence-corrected chi connectivity index (χ1v) is 5.83. The number of carbonyl (C=O) groups is 1. The molecule has 0 aliphatic rings. The molecule has 2 N–H and O–H groups in total. The van der Waals surface area contributed by atoms with Crippen LogP contribution in [-0.4, -0.2) is 25.7 Å². The molecule has 0 radical (unpaired) electrons. The van der Waals surface area contributed by atoms with E-state index in [-0.39, 0.29) is 0 Å². The molecule has 98 valence electrons. The van der Waals surface area contributed by atoms with Gasteiger partial charge in [0, 0.05) is 0 Å². The van der Waals surface area contributed by atoms with Crippen molar-refractivity contribution in [3.63, 3.8) is 0 Å². The van der Waals surface area contributed by atoms with Crippen LogP contribution >= 0.6 is 0 Å². The predicted octanol–water partition coefficient (Wildman–Crippen LogP) is 1.68. The highest BCUT2D eigenvalue weighted by atomic mass is 16.5. The molecule has 0 aromatic heterocycles. The van der Waals surface area contributed by atoms with Crippen molar-refractivity contribution in [3.05, 3.63) is 42.0 Å². The lowest BCUT2D eigenvalue weighted by atomic mass is 10.1. The van der Waals surface area contributed by atoms with Crippen LogP contribution in [-0.2, 0) is 16.0 Å². The van der Waals surface area contributed by atoms with Crippen LogP contribution in [0.15, 0.2) is 36.4 Å². The average Bonchev–Trinajstić information content (AvgIpc) is 2.40. The number of nitrogens with two attached hydrogens (primary N) is 1. The Morgan fingerprint density at radius 2 is 2.06 bits per heavy atom. The first-order chi connectivity index (χ1) is 8.67. The lowest BCUT2D eigenvalue weighted by Crippen LogP contribution is -2.33. The van der Waals surface area contributed by atoms with Gasteiger partial charge in [-0.2, -0.15) is 0 Å². The average molecular weight is 249 g/mol. The van der Waals surface area contributed by atoms with Crippen molar-refractivity contribution in [1.29, 1.82) is 0 Å². The van der Waals surface area contributed by atoms with E-state index in [2.05, 4.69) is 4.74 Å². The molecule has 18 heavy (non-hydrogen) atoms. The first-order valence-electron chi connectivity index (χ1n) is 5.83. The Morgan fingerprint density at radius 3 is 2.61 bits per heavy atom. The van der Waals surface area contributed by atoms with Gasteiger partial charge in [-0.3, -0.25) is 4.79 Å². The number of hydrogen-bond donors (Lipinski definition) is 1. The third-order valence-electron chi connectivity index (χ3n) is 2.46. The van der Waals surface area contributed by atoms with Crippen LogP contribution < -0.4 is 10.5 Å². The first kappa shape index (κ1) is 14.3. The molecule has 0 aliphatic carbocycles. The molecule has 0 amide bonds. The zero-order valence-corrected chi connectivity index (χ0v) is 10.8. The maximum absolute atomic E-state index is 11.2. The Morgan fingerprint density at radius 1 is 1.39 bits per heavy atom. The summed E-state index contributed by atoms with van der Waals surface area (Å²) in [6.45, 7) is 2.50. The molecule has 4 heteroatoms. The quantitative estimate of drug-likeness (QED) is 0.615. The Bertz CT molecular complexity index is 398. The van der Waals surface area contributed by atoms with E-state index in [0.717, 1.165) is 11.3 Å². The van der Waals surface area contributed by atoms with Gasteiger partial charge in [-0.1, -0.05) is 24.3 Å². The minimum atomic E-state index is -0.621. The standard InChI is InChI=1S/C14H19NO3/c1-3-4-9-18-12-7-5-11(6-8-12)10-13(15)14(16)17-2/h3-8,13H,9-10,15H2,1-2H3/b4-3+. The van der Waals surface area contributed by atoms with Crippen LogP contribution in [0.5, 0.6) is 5.75 Å². The van der Waals surface area contributed by atoms with Crippen molar-refractivity contribution >= 4 is 5.97 Å². The second-order valence-electron chi connectivity index (χ2n) is 3.86. The fourth-order valence-electron chi connectivity index (χ4n) is 1.45. The number of methoxy groups -OCH3 is 1. The Kier molecular flexibility index (Phi) is 5.94. The van der Waals surface area contributed by atoms with Crippen LogP contribution in [0.3, 0.4) is 0 Å². The van der Waals surface area contributed by atoms with Crippen LogP contribution in [0.4, 0.5) is 0 Å². The number of esters is 1. The van der Waals surface area contributed by atoms with Gasteiger partial charge in [-0.05, 0) is 31.0 Å². The Hall–Kier alpha value is -1.81. The van der Waals surface area contributed by atoms with Crippen molar-refractivity contribution in [1.82, 2.24) is 0 Å². The fourth-order valence-corrected chi connectivity index (χ4v) is 1.45. The summed E-state index contributed by atoms with van der Waals surface area (Å²) in [5.74, 6) is 0.395. The third-order valence-corrected chi connectivity index (χ3v) is 2.46. The van der Waals surface area contributed by atoms with Gasteiger partial charge in [-0.25, -0.2) is 0 Å². The van der Waals surface area contributed by atoms with Crippen molar-refractivity contribution in [2.75, 3.05) is 13.7 Å². The van der Waals surface area contributed by atoms with Gasteiger partial charge in [-0.15, -0.1) is 0 Å². The summed E-state index contributed by atoms with van der Waals surface area (Å²) in [6.07, 6.45) is 4.33. The van der Waals surface area contributed by atoms with Crippen LogP contribution in [0.25, 0.3) is 0 Å². The lowest BCUT2D eigenvalue weighted by molar-refractivity contribution is -0.142. The largest absolute Gasteiger partial charge is 0.490 e. The topological polar surface area (TPSA) is 61.5 Å². The van der Waals surface area contributed by atoms with E-state index in [1.807, 2.05) is 43.3 Å². The molecular weight excluding hydrogens is 230 g/mol. The normalized spacial score (nSPS) is 12.4. The molecule has 0 aliphatic heterocycles. The van der Waals surface area contributed by atoms with Gasteiger partial charge in [0.05, 0.1) is 7.11 Å². The molecule has 0 heterocycles. The number of hydrogen-bond acceptors (Lipinski definition) is 4. The van der Waals surface area contributed by atoms with Crippen molar-refractivity contribution in [3.8, 4) is 5.75 Å². The minimum absolute atomic E-state index is 0.400. The fraction of sp³-hybridized carbons (Fsp3) is 0.357. The van der Waals surface area contributed by atoms with E-state index in [1.165, 1.54) is 7.11 Å². The number of carbonyl (C=O) groups excluding carboxylic acids is 1. The summed E-state index contributed by atoms with van der Waals surface area (Å²) in [4.78, 5) is 11.2. The molecule has 0 saturated heterocycles. The number of benzene rings is 1. The van der Waals surface area contributed by atoms with Crippen molar-refractivity contribution < 1.29 is 14.3 Å². The van der Waals surface area contributed by atoms with Crippen molar-refractivity contribution in [2.24, 2.45) is 5.73 Å². The molecule has 1 atom stereocenters. The molecule has 1 unspecified atom stereocenters. The summed E-state index contributed by atoms with van der Waals surface area (Å²) in [5.41, 5.74) is 6.66. The Balaban J connectivity index is 2.52. The summed E-state index contributed by atoms with van der Waals surface area (Å²) in [6, 6.07) is 6.90. The van der Waals surface area contributed by atoms with E-state index in [4.69, 9.17) is 10.5 Å². The SMILES string of the molecule is C/C=C/COc1ccc(CC(N)C(=O)OC)cc1. The second kappa shape index (κ2) is 7.50. The van der Waals surface area contributed by atoms with Crippen LogP contribution in [0.1, 0.15) is 12.5 Å². The summed E-state index contributed by atoms with van der Waals surface area (Å²) in [7, 11) is 1.33. The molecule has 0 spiro atoms. The predicted molar refractivity (Wildman–Crippen MR) is 70.4 cm³/mol. The number of ether oxygens (including phenoxy) is 2. The molecule has 0 fully saturated rings. The molecule has 4 nitrogen and oxygen atoms in total. The highest BCUT2D eigenvalue weighted by Gasteiger charge is 2.13. The summed E-state index contributed by atoms with van der Waals surface area (Å²) < 4.78 is 10.0. The lowest BCUT2D eigenvalue weighted by Gasteiger charge is -2.09. The van der Waals surface area contributed by atoms with E-state index < -0.39 is 12.0 Å². The molecule has 0 bridgehead atoms. The molecule has 1 aromatic carbocycles. The van der Waals surface area contributed by atoms with Gasteiger partial charge in [0.2, 0.25) is 0 Å². The highest BCUT2D eigenvalue weighted by Crippen LogP contribution is 2.13. The molecule has 0 saturated carbocycles. The smallest absolute Gasteiger partial charge is 0.322 e. The Labute approximate surface area is 107 Å². The van der Waals surface area contributed by atoms with E-state index in [9.17, 15) is 4.79 Å². The summed E-state index contributed by atoms with van der Waals surface area (Å²) in [5, 5.41) is 0. The van der Waals surface area contributed by atoms with E-state index in [1.54, 1.807) is 0 Å². The third kappa shape index (κ3) is 4.59. The van der Waals surface area contributed by atoms with Gasteiger partial charge in [0.1, 0.15) is 18.4 Å². The zero-order valence-electron chi connectivity index (χ0n) is 10.8. The zero-order chi connectivity index (χ0) is 13.4. The van der Waals surface area contributed by atoms with Gasteiger partial charge >= 0.3 is 5.97 Å². The summed E-state index contributed by atoms with van der Waals surface area (Å²) >= 11 is 0. The van der Waals surface area contributed by atoms with Crippen LogP contribution in [0.2, 0.25) is 0 Å². The van der Waals surface area contributed by atoms with Crippen LogP contribution in [0, 0.1) is 0 Å². The monoisotopic (exact) mass is 249 g/mol.